The molecule has 0 radical (unpaired) electrons. The lowest BCUT2D eigenvalue weighted by Crippen LogP contribution is -2.33. The second-order valence-electron chi connectivity index (χ2n) is 14.5. The van der Waals surface area contributed by atoms with Gasteiger partial charge in [0.2, 0.25) is 0 Å². The quantitative estimate of drug-likeness (QED) is 0.186. The minimum absolute atomic E-state index is 0.257. The van der Waals surface area contributed by atoms with Crippen LogP contribution in [0.1, 0.15) is 22.9 Å². The van der Waals surface area contributed by atoms with E-state index in [4.69, 9.17) is 9.98 Å². The monoisotopic (exact) mass is 764 g/mol. The van der Waals surface area contributed by atoms with Gasteiger partial charge in [-0.3, -0.25) is 0 Å². The number of nitrogens with one attached hydrogen (secondary N) is 1. The number of fused-ring (bicyclic) bond motifs is 9. The van der Waals surface area contributed by atoms with Crippen molar-refractivity contribution in [1.29, 1.82) is 0 Å². The molecule has 4 heterocycles. The van der Waals surface area contributed by atoms with Gasteiger partial charge in [0, 0.05) is 68.7 Å². The third-order valence-corrected chi connectivity index (χ3v) is 13.9. The van der Waals surface area contributed by atoms with Crippen molar-refractivity contribution in [3.05, 3.63) is 199 Å². The Morgan fingerprint density at radius 3 is 1.53 bits per heavy atom. The van der Waals surface area contributed by atoms with E-state index in [1.54, 1.807) is 0 Å². The van der Waals surface area contributed by atoms with Gasteiger partial charge in [-0.25, -0.2) is 9.98 Å². The maximum absolute atomic E-state index is 5.26. The number of nitrogens with zero attached hydrogens (tertiary/aromatic N) is 3. The predicted molar refractivity (Wildman–Crippen MR) is 244 cm³/mol. The fourth-order valence-corrected chi connectivity index (χ4v) is 11.4. The summed E-state index contributed by atoms with van der Waals surface area (Å²) in [5.41, 5.74) is 9.36. The number of benzene rings is 8. The average molecular weight is 765 g/mol. The summed E-state index contributed by atoms with van der Waals surface area (Å²) in [7, 11) is 0. The minimum Gasteiger partial charge on any atom is -0.344 e. The smallest absolute Gasteiger partial charge is 0.160 e. The molecule has 12 rings (SSSR count). The van der Waals surface area contributed by atoms with Gasteiger partial charge in [-0.2, -0.15) is 0 Å². The molecule has 1 aliphatic heterocycles. The molecule has 0 amide bonds. The van der Waals surface area contributed by atoms with Crippen molar-refractivity contribution >= 4 is 96.5 Å². The third-order valence-electron chi connectivity index (χ3n) is 11.3. The maximum Gasteiger partial charge on any atom is 0.160 e. The van der Waals surface area contributed by atoms with Crippen molar-refractivity contribution < 1.29 is 0 Å². The number of rotatable bonds is 5. The third kappa shape index (κ3) is 5.04. The Hall–Kier alpha value is -6.86. The molecule has 1 N–H and O–H groups in total. The second-order valence-corrected chi connectivity index (χ2v) is 16.6. The molecule has 1 atom stereocenters. The largest absolute Gasteiger partial charge is 0.344 e. The molecule has 268 valence electrons. The molecule has 0 saturated carbocycles. The zero-order chi connectivity index (χ0) is 37.5. The van der Waals surface area contributed by atoms with Crippen molar-refractivity contribution in [2.45, 2.75) is 6.17 Å². The molecule has 0 aliphatic carbocycles. The molecular formula is C51H32N4S2. The van der Waals surface area contributed by atoms with E-state index in [2.05, 4.69) is 180 Å². The molecule has 57 heavy (non-hydrogen) atoms. The normalized spacial score (nSPS) is 14.5. The molecule has 8 aromatic carbocycles. The molecule has 3 aromatic heterocycles. The van der Waals surface area contributed by atoms with E-state index in [1.807, 2.05) is 34.8 Å². The van der Waals surface area contributed by atoms with Crippen LogP contribution in [0.5, 0.6) is 0 Å². The van der Waals surface area contributed by atoms with Crippen molar-refractivity contribution in [3.63, 3.8) is 0 Å². The summed E-state index contributed by atoms with van der Waals surface area (Å²) in [6.07, 6.45) is -0.257. The average Bonchev–Trinajstić information content (AvgIpc) is 3.97. The van der Waals surface area contributed by atoms with Gasteiger partial charge in [-0.05, 0) is 29.8 Å². The number of hydrogen-bond acceptors (Lipinski definition) is 5. The summed E-state index contributed by atoms with van der Waals surface area (Å²) >= 11 is 3.75. The van der Waals surface area contributed by atoms with Gasteiger partial charge in [0.25, 0.3) is 0 Å². The first-order chi connectivity index (χ1) is 28.3. The molecule has 11 aromatic rings. The highest BCUT2D eigenvalue weighted by Crippen LogP contribution is 2.47. The van der Waals surface area contributed by atoms with Crippen LogP contribution in [0, 0.1) is 0 Å². The lowest BCUT2D eigenvalue weighted by atomic mass is 10.00. The summed E-state index contributed by atoms with van der Waals surface area (Å²) in [6, 6.07) is 65.3. The fraction of sp³-hybridized carbons (Fsp3) is 0.0196. The van der Waals surface area contributed by atoms with Crippen molar-refractivity contribution in [2.75, 3.05) is 0 Å². The van der Waals surface area contributed by atoms with Gasteiger partial charge in [0.15, 0.2) is 5.84 Å². The Bertz CT molecular complexity index is 3390. The second kappa shape index (κ2) is 12.8. The highest BCUT2D eigenvalue weighted by molar-refractivity contribution is 7.27. The van der Waals surface area contributed by atoms with Crippen molar-refractivity contribution in [1.82, 2.24) is 9.88 Å². The first kappa shape index (κ1) is 32.4. The topological polar surface area (TPSA) is 41.7 Å². The van der Waals surface area contributed by atoms with Crippen LogP contribution in [0.25, 0.3) is 79.0 Å². The van der Waals surface area contributed by atoms with Crippen LogP contribution in [0.2, 0.25) is 0 Å². The van der Waals surface area contributed by atoms with Gasteiger partial charge >= 0.3 is 0 Å². The number of para-hydroxylation sites is 2. The molecule has 4 nitrogen and oxygen atoms in total. The molecular weight excluding hydrogens is 733 g/mol. The Balaban J connectivity index is 1.05. The fourth-order valence-electron chi connectivity index (χ4n) is 8.70. The first-order valence-corrected chi connectivity index (χ1v) is 20.8. The van der Waals surface area contributed by atoms with Crippen LogP contribution < -0.4 is 5.32 Å². The van der Waals surface area contributed by atoms with Crippen LogP contribution in [-0.4, -0.2) is 16.2 Å². The van der Waals surface area contributed by atoms with Crippen molar-refractivity contribution in [3.8, 4) is 16.8 Å². The van der Waals surface area contributed by atoms with E-state index < -0.39 is 0 Å². The van der Waals surface area contributed by atoms with Crippen molar-refractivity contribution in [2.24, 2.45) is 9.98 Å². The number of hydrogen-bond donors (Lipinski definition) is 1. The van der Waals surface area contributed by atoms with E-state index >= 15 is 0 Å². The first-order valence-electron chi connectivity index (χ1n) is 19.2. The van der Waals surface area contributed by atoms with E-state index in [0.717, 1.165) is 28.4 Å². The van der Waals surface area contributed by atoms with Crippen LogP contribution >= 0.6 is 22.7 Å². The molecule has 6 heteroatoms. The zero-order valence-electron chi connectivity index (χ0n) is 30.6. The molecule has 0 saturated heterocycles. The van der Waals surface area contributed by atoms with Gasteiger partial charge in [-0.1, -0.05) is 158 Å². The van der Waals surface area contributed by atoms with Gasteiger partial charge in [0.1, 0.15) is 12.0 Å². The molecule has 1 aliphatic rings. The van der Waals surface area contributed by atoms with Crippen LogP contribution in [0.15, 0.2) is 192 Å². The van der Waals surface area contributed by atoms with Gasteiger partial charge in [-0.15, -0.1) is 22.7 Å². The molecule has 1 unspecified atom stereocenters. The number of aromatic nitrogens is 1. The highest BCUT2D eigenvalue weighted by Gasteiger charge is 2.24. The summed E-state index contributed by atoms with van der Waals surface area (Å²) < 4.78 is 7.51. The standard InChI is InChI=1S/C51H32N4S2/c1-3-15-31(16-4-1)49-52-50(32-17-5-2-6-18-32)54-51(53-49)41-27-13-25-38-37-23-11-21-35(45(37)56-47(38)41)36-22-12-24-39-40-26-14-30-44(48(40)57-46(36)39)55-42-28-9-7-19-33(42)34-20-8-10-29-43(34)55/h1-30,49H,(H,52,53,54). The summed E-state index contributed by atoms with van der Waals surface area (Å²) in [6.45, 7) is 0. The molecule has 0 fully saturated rings. The Morgan fingerprint density at radius 2 is 0.895 bits per heavy atom. The summed E-state index contributed by atoms with van der Waals surface area (Å²) in [4.78, 5) is 10.4. The van der Waals surface area contributed by atoms with Crippen LogP contribution in [0.4, 0.5) is 0 Å². The number of amidine groups is 2. The number of thiophene rings is 2. The zero-order valence-corrected chi connectivity index (χ0v) is 32.2. The predicted octanol–water partition coefficient (Wildman–Crippen LogP) is 13.7. The Labute approximate surface area is 336 Å². The van der Waals surface area contributed by atoms with Gasteiger partial charge < -0.3 is 9.88 Å². The van der Waals surface area contributed by atoms with E-state index in [-0.39, 0.29) is 6.17 Å². The summed E-state index contributed by atoms with van der Waals surface area (Å²) in [5.74, 6) is 1.56. The van der Waals surface area contributed by atoms with E-state index in [0.29, 0.717) is 0 Å². The van der Waals surface area contributed by atoms with Crippen LogP contribution in [0.3, 0.4) is 0 Å². The van der Waals surface area contributed by atoms with Gasteiger partial charge in [0.05, 0.1) is 21.4 Å². The minimum atomic E-state index is -0.257. The molecule has 0 spiro atoms. The molecule has 0 bridgehead atoms. The van der Waals surface area contributed by atoms with E-state index in [9.17, 15) is 0 Å². The Kier molecular flexibility index (Phi) is 7.30. The lowest BCUT2D eigenvalue weighted by Gasteiger charge is -2.23. The summed E-state index contributed by atoms with van der Waals surface area (Å²) in [5, 5.41) is 11.2. The Morgan fingerprint density at radius 1 is 0.421 bits per heavy atom. The van der Waals surface area contributed by atoms with E-state index in [1.165, 1.54) is 79.0 Å². The lowest BCUT2D eigenvalue weighted by molar-refractivity contribution is 0.674. The maximum atomic E-state index is 5.26. The number of aliphatic imine (C=N–C) groups is 2. The van der Waals surface area contributed by atoms with Crippen LogP contribution in [-0.2, 0) is 0 Å². The SMILES string of the molecule is c1ccc(C2=NC(c3cccc4c3sc3c(-c5cccc6c5sc5c(-n7c8ccccc8c8ccccc87)cccc56)cccc34)=NC(c3ccccc3)N2)cc1. The highest BCUT2D eigenvalue weighted by atomic mass is 32.1.